The molecule has 1 fully saturated rings. The lowest BCUT2D eigenvalue weighted by molar-refractivity contribution is -0.132. The molecular formula is C15H20F2N2O. The minimum atomic E-state index is -0.634. The quantitative estimate of drug-likeness (QED) is 0.924. The van der Waals surface area contributed by atoms with E-state index in [1.165, 1.54) is 12.1 Å². The van der Waals surface area contributed by atoms with Crippen LogP contribution in [-0.2, 0) is 4.79 Å². The number of hydrogen-bond acceptors (Lipinski definition) is 2. The zero-order chi connectivity index (χ0) is 15.0. The number of benzene rings is 1. The molecule has 3 unspecified atom stereocenters. The molecule has 3 atom stereocenters. The van der Waals surface area contributed by atoms with E-state index in [2.05, 4.69) is 5.32 Å². The van der Waals surface area contributed by atoms with Gasteiger partial charge in [-0.1, -0.05) is 13.8 Å². The summed E-state index contributed by atoms with van der Waals surface area (Å²) >= 11 is 0. The van der Waals surface area contributed by atoms with Crippen LogP contribution in [0.15, 0.2) is 18.2 Å². The maximum Gasteiger partial charge on any atom is 0.241 e. The number of carbonyl (C=O) groups is 1. The van der Waals surface area contributed by atoms with Crippen LogP contribution in [0, 0.1) is 17.6 Å². The summed E-state index contributed by atoms with van der Waals surface area (Å²) in [6, 6.07) is 3.06. The lowest BCUT2D eigenvalue weighted by Crippen LogP contribution is -2.41. The second-order valence-electron chi connectivity index (χ2n) is 5.69. The molecule has 0 spiro atoms. The molecule has 3 nitrogen and oxygen atoms in total. The van der Waals surface area contributed by atoms with Crippen molar-refractivity contribution >= 4 is 5.91 Å². The van der Waals surface area contributed by atoms with Crippen LogP contribution in [0.4, 0.5) is 8.78 Å². The van der Waals surface area contributed by atoms with E-state index >= 15 is 0 Å². The van der Waals surface area contributed by atoms with Gasteiger partial charge in [-0.2, -0.15) is 0 Å². The molecule has 1 saturated heterocycles. The third-order valence-electron chi connectivity index (χ3n) is 3.97. The molecular weight excluding hydrogens is 262 g/mol. The van der Waals surface area contributed by atoms with Gasteiger partial charge < -0.3 is 4.90 Å². The number of hydrogen-bond donors (Lipinski definition) is 1. The predicted molar refractivity (Wildman–Crippen MR) is 72.8 cm³/mol. The van der Waals surface area contributed by atoms with E-state index < -0.39 is 17.8 Å². The van der Waals surface area contributed by atoms with Gasteiger partial charge in [0.1, 0.15) is 17.8 Å². The van der Waals surface area contributed by atoms with Crippen molar-refractivity contribution < 1.29 is 13.6 Å². The van der Waals surface area contributed by atoms with Crippen molar-refractivity contribution in [2.45, 2.75) is 45.9 Å². The molecule has 1 aromatic carbocycles. The topological polar surface area (TPSA) is 32.3 Å². The molecule has 0 saturated carbocycles. The lowest BCUT2D eigenvalue weighted by Gasteiger charge is -2.33. The Labute approximate surface area is 118 Å². The van der Waals surface area contributed by atoms with Crippen molar-refractivity contribution in [3.63, 3.8) is 0 Å². The fourth-order valence-corrected chi connectivity index (χ4v) is 2.46. The molecule has 5 heteroatoms. The van der Waals surface area contributed by atoms with Crippen LogP contribution < -0.4 is 5.32 Å². The highest BCUT2D eigenvalue weighted by molar-refractivity contribution is 5.84. The van der Waals surface area contributed by atoms with Crippen LogP contribution in [0.1, 0.15) is 39.4 Å². The molecule has 1 aromatic rings. The highest BCUT2D eigenvalue weighted by atomic mass is 19.1. The van der Waals surface area contributed by atoms with Gasteiger partial charge in [0.2, 0.25) is 5.91 Å². The second-order valence-corrected chi connectivity index (χ2v) is 5.69. The first-order valence-corrected chi connectivity index (χ1v) is 6.86. The molecule has 1 heterocycles. The molecule has 0 aliphatic carbocycles. The Balaban J connectivity index is 2.40. The number of carbonyl (C=O) groups excluding carboxylic acids is 1. The van der Waals surface area contributed by atoms with Crippen molar-refractivity contribution in [3.05, 3.63) is 35.4 Å². The average Bonchev–Trinajstić information content (AvgIpc) is 2.64. The van der Waals surface area contributed by atoms with E-state index in [1.807, 2.05) is 20.8 Å². The summed E-state index contributed by atoms with van der Waals surface area (Å²) in [5.74, 6) is -1.06. The summed E-state index contributed by atoms with van der Waals surface area (Å²) in [5.41, 5.74) is 0.302. The summed E-state index contributed by atoms with van der Waals surface area (Å²) in [4.78, 5) is 13.9. The summed E-state index contributed by atoms with van der Waals surface area (Å²) in [6.07, 6.45) is -0.546. The van der Waals surface area contributed by atoms with Crippen LogP contribution in [0.2, 0.25) is 0 Å². The number of nitrogens with one attached hydrogen (secondary N) is 1. The van der Waals surface area contributed by atoms with Crippen molar-refractivity contribution in [2.75, 3.05) is 0 Å². The minimum Gasteiger partial charge on any atom is -0.318 e. The van der Waals surface area contributed by atoms with Gasteiger partial charge >= 0.3 is 0 Å². The van der Waals surface area contributed by atoms with Gasteiger partial charge in [-0.3, -0.25) is 10.1 Å². The number of rotatable bonds is 3. The van der Waals surface area contributed by atoms with E-state index in [0.29, 0.717) is 5.56 Å². The molecule has 0 bridgehead atoms. The van der Waals surface area contributed by atoms with Gasteiger partial charge in [-0.05, 0) is 31.9 Å². The fourth-order valence-electron chi connectivity index (χ4n) is 2.46. The van der Waals surface area contributed by atoms with E-state index in [9.17, 15) is 13.6 Å². The number of halogens is 2. The van der Waals surface area contributed by atoms with Gasteiger partial charge in [0.25, 0.3) is 0 Å². The summed E-state index contributed by atoms with van der Waals surface area (Å²) in [5, 5.41) is 3.08. The van der Waals surface area contributed by atoms with Crippen molar-refractivity contribution in [1.29, 1.82) is 0 Å². The lowest BCUT2D eigenvalue weighted by atomic mass is 10.0. The van der Waals surface area contributed by atoms with Gasteiger partial charge in [-0.15, -0.1) is 0 Å². The standard InChI is InChI=1S/C15H20F2N2O/c1-8(2)10(4)19-14(18-9(3)15(19)20)12-6-5-11(16)7-13(12)17/h5-10,14,18H,1-4H3. The van der Waals surface area contributed by atoms with Crippen LogP contribution in [0.3, 0.4) is 0 Å². The largest absolute Gasteiger partial charge is 0.318 e. The summed E-state index contributed by atoms with van der Waals surface area (Å²) < 4.78 is 27.0. The molecule has 1 aliphatic heterocycles. The van der Waals surface area contributed by atoms with Crippen LogP contribution in [0.5, 0.6) is 0 Å². The molecule has 0 radical (unpaired) electrons. The third-order valence-corrected chi connectivity index (χ3v) is 3.97. The van der Waals surface area contributed by atoms with Crippen LogP contribution >= 0.6 is 0 Å². The van der Waals surface area contributed by atoms with E-state index in [4.69, 9.17) is 0 Å². The normalized spacial score (nSPS) is 24.6. The highest BCUT2D eigenvalue weighted by Gasteiger charge is 2.41. The van der Waals surface area contributed by atoms with E-state index in [1.54, 1.807) is 11.8 Å². The van der Waals surface area contributed by atoms with Gasteiger partial charge in [0.05, 0.1) is 6.04 Å². The van der Waals surface area contributed by atoms with Crippen LogP contribution in [0.25, 0.3) is 0 Å². The Bertz CT molecular complexity index is 519. The first-order valence-electron chi connectivity index (χ1n) is 6.86. The fraction of sp³-hybridized carbons (Fsp3) is 0.533. The van der Waals surface area contributed by atoms with Gasteiger partial charge in [0, 0.05) is 17.7 Å². The van der Waals surface area contributed by atoms with Gasteiger partial charge in [-0.25, -0.2) is 8.78 Å². The summed E-state index contributed by atoms with van der Waals surface area (Å²) in [6.45, 7) is 7.72. The monoisotopic (exact) mass is 282 g/mol. The highest BCUT2D eigenvalue weighted by Crippen LogP contribution is 2.31. The molecule has 0 aromatic heterocycles. The van der Waals surface area contributed by atoms with Gasteiger partial charge in [0.15, 0.2) is 0 Å². The second kappa shape index (κ2) is 5.48. The molecule has 1 amide bonds. The van der Waals surface area contributed by atoms with Crippen LogP contribution in [-0.4, -0.2) is 22.9 Å². The predicted octanol–water partition coefficient (Wildman–Crippen LogP) is 2.83. The number of nitrogens with zero attached hydrogens (tertiary/aromatic N) is 1. The average molecular weight is 282 g/mol. The Morgan fingerprint density at radius 2 is 1.90 bits per heavy atom. The Morgan fingerprint density at radius 1 is 1.25 bits per heavy atom. The zero-order valence-electron chi connectivity index (χ0n) is 12.2. The molecule has 110 valence electrons. The maximum atomic E-state index is 14.0. The number of amides is 1. The van der Waals surface area contributed by atoms with Crippen molar-refractivity contribution in [3.8, 4) is 0 Å². The first-order chi connectivity index (χ1) is 9.32. The molecule has 2 rings (SSSR count). The smallest absolute Gasteiger partial charge is 0.241 e. The Kier molecular flexibility index (Phi) is 4.09. The molecule has 1 N–H and O–H groups in total. The summed E-state index contributed by atoms with van der Waals surface area (Å²) in [7, 11) is 0. The zero-order valence-corrected chi connectivity index (χ0v) is 12.2. The van der Waals surface area contributed by atoms with Crippen molar-refractivity contribution in [1.82, 2.24) is 10.2 Å². The first kappa shape index (κ1) is 14.9. The van der Waals surface area contributed by atoms with Crippen molar-refractivity contribution in [2.24, 2.45) is 5.92 Å². The van der Waals surface area contributed by atoms with E-state index in [-0.39, 0.29) is 23.9 Å². The maximum absolute atomic E-state index is 14.0. The Morgan fingerprint density at radius 3 is 2.45 bits per heavy atom. The molecule has 1 aliphatic rings. The third kappa shape index (κ3) is 2.54. The SMILES string of the molecule is CC1NC(c2ccc(F)cc2F)N(C(C)C(C)C)C1=O. The Hall–Kier alpha value is -1.49. The molecule has 20 heavy (non-hydrogen) atoms. The minimum absolute atomic E-state index is 0.0330. The van der Waals surface area contributed by atoms with E-state index in [0.717, 1.165) is 6.07 Å².